The first-order valence-electron chi connectivity index (χ1n) is 12.6. The summed E-state index contributed by atoms with van der Waals surface area (Å²) in [5.41, 5.74) is 0.940. The van der Waals surface area contributed by atoms with Crippen LogP contribution in [0.3, 0.4) is 0 Å². The number of aliphatic hydroxyl groups is 1. The summed E-state index contributed by atoms with van der Waals surface area (Å²) >= 11 is 3.42. The molecule has 2 aliphatic rings. The Morgan fingerprint density at radius 3 is 2.21 bits per heavy atom. The molecule has 1 unspecified atom stereocenters. The van der Waals surface area contributed by atoms with Crippen LogP contribution in [0.2, 0.25) is 0 Å². The third kappa shape index (κ3) is 5.72. The second kappa shape index (κ2) is 12.1. The van der Waals surface area contributed by atoms with Crippen LogP contribution >= 0.6 is 15.9 Å². The molecule has 0 saturated carbocycles. The number of hydrogen-bond acceptors (Lipinski definition) is 7. The average Bonchev–Trinajstić information content (AvgIpc) is 3.19. The van der Waals surface area contributed by atoms with Crippen molar-refractivity contribution in [1.82, 2.24) is 14.1 Å². The maximum Gasteiger partial charge on any atom is 0.295 e. The minimum absolute atomic E-state index is 0.0133. The molecule has 11 heteroatoms. The number of amides is 1. The average molecular weight is 607 g/mol. The van der Waals surface area contributed by atoms with E-state index in [2.05, 4.69) is 20.8 Å². The number of nitrogens with zero attached hydrogens (tertiary/aromatic N) is 3. The van der Waals surface area contributed by atoms with Gasteiger partial charge < -0.3 is 19.6 Å². The van der Waals surface area contributed by atoms with Crippen molar-refractivity contribution in [3.05, 3.63) is 69.7 Å². The normalized spacial score (nSPS) is 20.4. The molecule has 204 valence electrons. The zero-order chi connectivity index (χ0) is 27.4. The minimum atomic E-state index is -3.71. The molecule has 38 heavy (non-hydrogen) atoms. The lowest BCUT2D eigenvalue weighted by Gasteiger charge is -2.28. The van der Waals surface area contributed by atoms with Gasteiger partial charge in [-0.15, -0.1) is 0 Å². The SMILES string of the molecule is CCN(CC)CCN1C(=O)C(=O)C(=C(O)c2ccc(S(=O)(=O)N3CCOCC3)cc2)C1c1ccc(Br)cc1. The first-order valence-corrected chi connectivity index (χ1v) is 14.9. The van der Waals surface area contributed by atoms with E-state index < -0.39 is 27.8 Å². The molecule has 1 N–H and O–H groups in total. The molecular formula is C27H32BrN3O6S. The summed E-state index contributed by atoms with van der Waals surface area (Å²) in [7, 11) is -3.71. The highest BCUT2D eigenvalue weighted by Gasteiger charge is 2.46. The molecule has 9 nitrogen and oxygen atoms in total. The predicted molar refractivity (Wildman–Crippen MR) is 147 cm³/mol. The Bertz CT molecular complexity index is 1300. The van der Waals surface area contributed by atoms with E-state index >= 15 is 0 Å². The fourth-order valence-corrected chi connectivity index (χ4v) is 6.44. The summed E-state index contributed by atoms with van der Waals surface area (Å²) in [6.45, 7) is 7.81. The number of aliphatic hydroxyl groups excluding tert-OH is 1. The van der Waals surface area contributed by atoms with Crippen LogP contribution < -0.4 is 0 Å². The summed E-state index contributed by atoms with van der Waals surface area (Å²) in [6.07, 6.45) is 0. The molecule has 0 radical (unpaired) electrons. The molecule has 2 aromatic carbocycles. The summed E-state index contributed by atoms with van der Waals surface area (Å²) in [4.78, 5) is 30.2. The third-order valence-electron chi connectivity index (χ3n) is 7.01. The van der Waals surface area contributed by atoms with Crippen LogP contribution in [0.25, 0.3) is 5.76 Å². The standard InChI is InChI=1S/C27H32BrN3O6S/c1-3-29(4-2)13-14-31-24(19-5-9-21(28)10-6-19)23(26(33)27(31)34)25(32)20-7-11-22(12-8-20)38(35,36)30-15-17-37-18-16-30/h5-12,24,32H,3-4,13-18H2,1-2H3. The molecule has 2 aromatic rings. The van der Waals surface area contributed by atoms with Crippen LogP contribution in [0.4, 0.5) is 0 Å². The van der Waals surface area contributed by atoms with Gasteiger partial charge in [-0.3, -0.25) is 9.59 Å². The van der Waals surface area contributed by atoms with Crippen molar-refractivity contribution in [2.75, 3.05) is 52.5 Å². The maximum absolute atomic E-state index is 13.3. The molecule has 1 amide bonds. The van der Waals surface area contributed by atoms with Gasteiger partial charge in [0, 0.05) is 36.2 Å². The van der Waals surface area contributed by atoms with Crippen molar-refractivity contribution in [2.45, 2.75) is 24.8 Å². The molecule has 4 rings (SSSR count). The lowest BCUT2D eigenvalue weighted by Crippen LogP contribution is -2.40. The van der Waals surface area contributed by atoms with Gasteiger partial charge in [-0.2, -0.15) is 4.31 Å². The molecular weight excluding hydrogens is 574 g/mol. The van der Waals surface area contributed by atoms with E-state index in [4.69, 9.17) is 4.74 Å². The number of sulfonamides is 1. The number of Topliss-reactive ketones (excluding diaryl/α,β-unsaturated/α-hetero) is 1. The van der Waals surface area contributed by atoms with Crippen molar-refractivity contribution in [2.24, 2.45) is 0 Å². The second-order valence-corrected chi connectivity index (χ2v) is 12.0. The maximum atomic E-state index is 13.3. The Morgan fingerprint density at radius 2 is 1.63 bits per heavy atom. The van der Waals surface area contributed by atoms with Crippen molar-refractivity contribution in [1.29, 1.82) is 0 Å². The number of ether oxygens (including phenoxy) is 1. The zero-order valence-corrected chi connectivity index (χ0v) is 23.9. The number of morpholine rings is 1. The Hall–Kier alpha value is -2.57. The third-order valence-corrected chi connectivity index (χ3v) is 9.45. The van der Waals surface area contributed by atoms with E-state index in [1.165, 1.54) is 33.5 Å². The number of carbonyl (C=O) groups excluding carboxylic acids is 2. The molecule has 0 spiro atoms. The molecule has 0 bridgehead atoms. The van der Waals surface area contributed by atoms with Crippen LogP contribution in [-0.2, 0) is 24.3 Å². The molecule has 2 aliphatic heterocycles. The highest BCUT2D eigenvalue weighted by Crippen LogP contribution is 2.39. The van der Waals surface area contributed by atoms with E-state index in [1.807, 2.05) is 38.1 Å². The largest absolute Gasteiger partial charge is 0.507 e. The van der Waals surface area contributed by atoms with Gasteiger partial charge in [0.25, 0.3) is 11.7 Å². The quantitative estimate of drug-likeness (QED) is 0.266. The number of ketones is 1. The zero-order valence-electron chi connectivity index (χ0n) is 21.5. The summed E-state index contributed by atoms with van der Waals surface area (Å²) in [6, 6.07) is 12.3. The lowest BCUT2D eigenvalue weighted by atomic mass is 9.95. The van der Waals surface area contributed by atoms with Crippen LogP contribution in [0.1, 0.15) is 31.0 Å². The Labute approximate surface area is 231 Å². The Morgan fingerprint density at radius 1 is 1.03 bits per heavy atom. The summed E-state index contributed by atoms with van der Waals surface area (Å²) < 4.78 is 33.4. The molecule has 1 atom stereocenters. The van der Waals surface area contributed by atoms with Crippen LogP contribution in [-0.4, -0.2) is 91.8 Å². The fraction of sp³-hybridized carbons (Fsp3) is 0.407. The van der Waals surface area contributed by atoms with E-state index in [1.54, 1.807) is 0 Å². The highest BCUT2D eigenvalue weighted by molar-refractivity contribution is 9.10. The molecule has 2 heterocycles. The van der Waals surface area contributed by atoms with E-state index in [0.29, 0.717) is 31.9 Å². The Kier molecular flexibility index (Phi) is 9.04. The van der Waals surface area contributed by atoms with Crippen molar-refractivity contribution in [3.63, 3.8) is 0 Å². The minimum Gasteiger partial charge on any atom is -0.507 e. The first kappa shape index (κ1) is 28.4. The van der Waals surface area contributed by atoms with Gasteiger partial charge in [0.15, 0.2) is 0 Å². The van der Waals surface area contributed by atoms with Crippen molar-refractivity contribution >= 4 is 43.4 Å². The van der Waals surface area contributed by atoms with E-state index in [0.717, 1.165) is 17.6 Å². The van der Waals surface area contributed by atoms with E-state index in [9.17, 15) is 23.1 Å². The van der Waals surface area contributed by atoms with Gasteiger partial charge >= 0.3 is 0 Å². The predicted octanol–water partition coefficient (Wildman–Crippen LogP) is 3.23. The topological polar surface area (TPSA) is 107 Å². The number of rotatable bonds is 9. The summed E-state index contributed by atoms with van der Waals surface area (Å²) in [5, 5.41) is 11.3. The van der Waals surface area contributed by atoms with Crippen molar-refractivity contribution in [3.8, 4) is 0 Å². The number of likely N-dealkylation sites (tertiary alicyclic amines) is 1. The number of hydrogen-bond donors (Lipinski definition) is 1. The second-order valence-electron chi connectivity index (χ2n) is 9.11. The smallest absolute Gasteiger partial charge is 0.295 e. The fourth-order valence-electron chi connectivity index (χ4n) is 4.77. The van der Waals surface area contributed by atoms with Crippen molar-refractivity contribution < 1.29 is 27.9 Å². The molecule has 0 aromatic heterocycles. The van der Waals surface area contributed by atoms with Gasteiger partial charge in [0.1, 0.15) is 5.76 Å². The molecule has 0 aliphatic carbocycles. The van der Waals surface area contributed by atoms with E-state index in [-0.39, 0.29) is 34.9 Å². The highest BCUT2D eigenvalue weighted by atomic mass is 79.9. The number of benzene rings is 2. The van der Waals surface area contributed by atoms with Crippen LogP contribution in [0, 0.1) is 0 Å². The van der Waals surface area contributed by atoms with Crippen LogP contribution in [0.5, 0.6) is 0 Å². The van der Waals surface area contributed by atoms with Crippen LogP contribution in [0.15, 0.2) is 63.5 Å². The van der Waals surface area contributed by atoms with Gasteiger partial charge in [-0.1, -0.05) is 41.9 Å². The molecule has 2 saturated heterocycles. The lowest BCUT2D eigenvalue weighted by molar-refractivity contribution is -0.140. The van der Waals surface area contributed by atoms with Gasteiger partial charge in [0.2, 0.25) is 10.0 Å². The molecule has 2 fully saturated rings. The first-order chi connectivity index (χ1) is 18.2. The number of carbonyl (C=O) groups is 2. The number of likely N-dealkylation sites (N-methyl/N-ethyl adjacent to an activating group) is 1. The Balaban J connectivity index is 1.71. The number of halogens is 1. The summed E-state index contributed by atoms with van der Waals surface area (Å²) in [5.74, 6) is -1.77. The van der Waals surface area contributed by atoms with Gasteiger partial charge in [0.05, 0.1) is 29.7 Å². The van der Waals surface area contributed by atoms with Gasteiger partial charge in [-0.05, 0) is 55.1 Å². The van der Waals surface area contributed by atoms with Gasteiger partial charge in [-0.25, -0.2) is 8.42 Å². The monoisotopic (exact) mass is 605 g/mol.